The Hall–Kier alpha value is -4.89. The molecular formula is C46H39N3. The molecule has 0 unspecified atom stereocenters. The number of nitrogens with zero attached hydrogens (tertiary/aromatic N) is 3. The molecule has 1 spiro atoms. The van der Waals surface area contributed by atoms with E-state index in [1.165, 1.54) is 71.0 Å². The molecule has 3 nitrogen and oxygen atoms in total. The first-order valence-corrected chi connectivity index (χ1v) is 18.3. The number of hydrogen-bond donors (Lipinski definition) is 0. The molecule has 4 saturated carbocycles. The molecule has 0 N–H and O–H groups in total. The van der Waals surface area contributed by atoms with Gasteiger partial charge in [0.15, 0.2) is 17.5 Å². The lowest BCUT2D eigenvalue weighted by Gasteiger charge is -2.61. The van der Waals surface area contributed by atoms with Crippen LogP contribution in [0.5, 0.6) is 0 Å². The molecule has 3 heteroatoms. The van der Waals surface area contributed by atoms with Gasteiger partial charge >= 0.3 is 0 Å². The summed E-state index contributed by atoms with van der Waals surface area (Å²) >= 11 is 0. The smallest absolute Gasteiger partial charge is 0.164 e. The van der Waals surface area contributed by atoms with Gasteiger partial charge in [-0.2, -0.15) is 0 Å². The minimum Gasteiger partial charge on any atom is -0.208 e. The van der Waals surface area contributed by atoms with E-state index in [0.717, 1.165) is 46.0 Å². The maximum atomic E-state index is 5.37. The third-order valence-electron chi connectivity index (χ3n) is 13.3. The Morgan fingerprint density at radius 3 is 1.78 bits per heavy atom. The molecule has 0 aliphatic heterocycles. The van der Waals surface area contributed by atoms with Crippen LogP contribution in [0.2, 0.25) is 0 Å². The molecule has 1 heterocycles. The van der Waals surface area contributed by atoms with Gasteiger partial charge in [0.25, 0.3) is 0 Å². The first-order valence-electron chi connectivity index (χ1n) is 18.3. The highest BCUT2D eigenvalue weighted by molar-refractivity contribution is 5.92. The van der Waals surface area contributed by atoms with Gasteiger partial charge in [0.2, 0.25) is 0 Å². The van der Waals surface area contributed by atoms with E-state index in [1.807, 2.05) is 0 Å². The highest BCUT2D eigenvalue weighted by Gasteiger charge is 2.61. The summed E-state index contributed by atoms with van der Waals surface area (Å²) in [5.41, 5.74) is 14.3. The SMILES string of the molecule is CC1(C)c2ccccc2-c2ccc(-c3nc(-c4ccccc4)nc(-c4cccc5c4-c4ccccc4C54C5CC6CC(C5)CC4C6)n3)cc21. The lowest BCUT2D eigenvalue weighted by Crippen LogP contribution is -2.55. The minimum absolute atomic E-state index is 0.100. The van der Waals surface area contributed by atoms with Crippen molar-refractivity contribution >= 4 is 0 Å². The average Bonchev–Trinajstić information content (AvgIpc) is 3.56. The monoisotopic (exact) mass is 633 g/mol. The van der Waals surface area contributed by atoms with Crippen molar-refractivity contribution in [1.82, 2.24) is 15.0 Å². The van der Waals surface area contributed by atoms with E-state index < -0.39 is 0 Å². The fourth-order valence-electron chi connectivity index (χ4n) is 11.6. The van der Waals surface area contributed by atoms with E-state index in [-0.39, 0.29) is 10.8 Å². The van der Waals surface area contributed by atoms with E-state index in [0.29, 0.717) is 11.8 Å². The minimum atomic E-state index is -0.100. The van der Waals surface area contributed by atoms with E-state index in [1.54, 1.807) is 5.56 Å². The van der Waals surface area contributed by atoms with Crippen molar-refractivity contribution < 1.29 is 0 Å². The summed E-state index contributed by atoms with van der Waals surface area (Å²) in [6, 6.07) is 42.4. The molecule has 238 valence electrons. The lowest BCUT2D eigenvalue weighted by atomic mass is 9.43. The van der Waals surface area contributed by atoms with E-state index >= 15 is 0 Å². The van der Waals surface area contributed by atoms with Crippen LogP contribution in [-0.2, 0) is 10.8 Å². The summed E-state index contributed by atoms with van der Waals surface area (Å²) in [5, 5.41) is 0. The predicted octanol–water partition coefficient (Wildman–Crippen LogP) is 10.9. The van der Waals surface area contributed by atoms with Crippen LogP contribution in [0.4, 0.5) is 0 Å². The van der Waals surface area contributed by atoms with Gasteiger partial charge in [0, 0.05) is 27.5 Å². The summed E-state index contributed by atoms with van der Waals surface area (Å²) in [5.74, 6) is 5.47. The summed E-state index contributed by atoms with van der Waals surface area (Å²) in [4.78, 5) is 15.8. The summed E-state index contributed by atoms with van der Waals surface area (Å²) in [7, 11) is 0. The van der Waals surface area contributed by atoms with Crippen molar-refractivity contribution in [3.8, 4) is 56.4 Å². The van der Waals surface area contributed by atoms with Crippen molar-refractivity contribution in [3.63, 3.8) is 0 Å². The second-order valence-electron chi connectivity index (χ2n) is 16.1. The highest BCUT2D eigenvalue weighted by atomic mass is 15.0. The molecule has 12 rings (SSSR count). The molecule has 4 bridgehead atoms. The van der Waals surface area contributed by atoms with E-state index in [4.69, 9.17) is 15.0 Å². The Bertz CT molecular complexity index is 2310. The molecule has 0 atom stereocenters. The molecular weight excluding hydrogens is 595 g/mol. The fraction of sp³-hybridized carbons (Fsp3) is 0.283. The topological polar surface area (TPSA) is 38.7 Å². The zero-order valence-corrected chi connectivity index (χ0v) is 28.2. The molecule has 6 aliphatic rings. The quantitative estimate of drug-likeness (QED) is 0.195. The third kappa shape index (κ3) is 3.71. The van der Waals surface area contributed by atoms with Crippen molar-refractivity contribution in [1.29, 1.82) is 0 Å². The first kappa shape index (κ1) is 28.0. The van der Waals surface area contributed by atoms with Gasteiger partial charge in [-0.25, -0.2) is 15.0 Å². The standard InChI is InChI=1S/C46H39N3/c1-45(2)37-16-8-6-13-33(37)34-20-19-30(26-40(34)45)43-47-42(29-11-4-3-5-12-29)48-44(49-43)36-15-10-18-39-41(36)35-14-7-9-17-38(35)46(39)31-22-27-21-28(24-31)25-32(46)23-27/h3-20,26-28,31-32H,21-25H2,1-2H3. The molecule has 0 amide bonds. The Morgan fingerprint density at radius 1 is 0.449 bits per heavy atom. The van der Waals surface area contributed by atoms with Crippen molar-refractivity contribution in [2.45, 2.75) is 56.8 Å². The van der Waals surface area contributed by atoms with Gasteiger partial charge in [-0.3, -0.25) is 0 Å². The zero-order valence-electron chi connectivity index (χ0n) is 28.2. The second-order valence-corrected chi connectivity index (χ2v) is 16.1. The molecule has 6 aromatic rings. The number of rotatable bonds is 3. The molecule has 5 aromatic carbocycles. The number of aromatic nitrogens is 3. The van der Waals surface area contributed by atoms with E-state index in [9.17, 15) is 0 Å². The second kappa shape index (κ2) is 9.85. The van der Waals surface area contributed by atoms with Gasteiger partial charge in [0.1, 0.15) is 0 Å². The average molecular weight is 634 g/mol. The van der Waals surface area contributed by atoms with Crippen LogP contribution in [0.15, 0.2) is 115 Å². The maximum absolute atomic E-state index is 5.37. The van der Waals surface area contributed by atoms with Crippen molar-refractivity contribution in [2.75, 3.05) is 0 Å². The Balaban J connectivity index is 1.13. The van der Waals surface area contributed by atoms with Gasteiger partial charge in [-0.05, 0) is 106 Å². The Morgan fingerprint density at radius 2 is 1.02 bits per heavy atom. The summed E-state index contributed by atoms with van der Waals surface area (Å²) in [6.07, 6.45) is 6.95. The van der Waals surface area contributed by atoms with Crippen LogP contribution in [-0.4, -0.2) is 15.0 Å². The first-order chi connectivity index (χ1) is 24.0. The van der Waals surface area contributed by atoms with Crippen LogP contribution >= 0.6 is 0 Å². The van der Waals surface area contributed by atoms with Crippen LogP contribution < -0.4 is 0 Å². The summed E-state index contributed by atoms with van der Waals surface area (Å²) < 4.78 is 0. The normalized spacial score (nSPS) is 26.0. The maximum Gasteiger partial charge on any atom is 0.164 e. The molecule has 4 fully saturated rings. The predicted molar refractivity (Wildman–Crippen MR) is 197 cm³/mol. The third-order valence-corrected chi connectivity index (χ3v) is 13.3. The number of hydrogen-bond acceptors (Lipinski definition) is 3. The van der Waals surface area contributed by atoms with E-state index in [2.05, 4.69) is 129 Å². The molecule has 49 heavy (non-hydrogen) atoms. The largest absolute Gasteiger partial charge is 0.208 e. The molecule has 0 saturated heterocycles. The van der Waals surface area contributed by atoms with Gasteiger partial charge < -0.3 is 0 Å². The highest BCUT2D eigenvalue weighted by Crippen LogP contribution is 2.70. The molecule has 0 radical (unpaired) electrons. The van der Waals surface area contributed by atoms with Crippen LogP contribution in [0.3, 0.4) is 0 Å². The van der Waals surface area contributed by atoms with Gasteiger partial charge in [-0.1, -0.05) is 123 Å². The van der Waals surface area contributed by atoms with Gasteiger partial charge in [-0.15, -0.1) is 0 Å². The van der Waals surface area contributed by atoms with Crippen molar-refractivity contribution in [3.05, 3.63) is 138 Å². The van der Waals surface area contributed by atoms with Crippen LogP contribution in [0.25, 0.3) is 56.4 Å². The molecule has 6 aliphatic carbocycles. The van der Waals surface area contributed by atoms with Crippen molar-refractivity contribution in [2.24, 2.45) is 23.7 Å². The molecule has 1 aromatic heterocycles. The fourth-order valence-corrected chi connectivity index (χ4v) is 11.6. The Labute approximate surface area is 288 Å². The Kier molecular flexibility index (Phi) is 5.63. The number of fused-ring (bicyclic) bond motifs is 6. The van der Waals surface area contributed by atoms with Crippen LogP contribution in [0.1, 0.15) is 68.2 Å². The van der Waals surface area contributed by atoms with Gasteiger partial charge in [0.05, 0.1) is 0 Å². The van der Waals surface area contributed by atoms with Crippen LogP contribution in [0, 0.1) is 23.7 Å². The number of benzene rings is 5. The zero-order chi connectivity index (χ0) is 32.5. The lowest BCUT2D eigenvalue weighted by molar-refractivity contribution is -0.0399. The summed E-state index contributed by atoms with van der Waals surface area (Å²) in [6.45, 7) is 4.67.